The molecule has 0 bridgehead atoms. The van der Waals surface area contributed by atoms with Crippen LogP contribution in [0, 0.1) is 5.92 Å². The Balaban J connectivity index is 1.22. The van der Waals surface area contributed by atoms with Crippen molar-refractivity contribution in [2.45, 2.75) is 37.6 Å². The number of hydrogen-bond donors (Lipinski definition) is 2. The van der Waals surface area contributed by atoms with E-state index in [1.54, 1.807) is 7.05 Å². The smallest absolute Gasteiger partial charge is 0.407 e. The molecule has 2 aliphatic carbocycles. The molecule has 2 amide bonds. The number of hydrogen-bond acceptors (Lipinski definition) is 4. The summed E-state index contributed by atoms with van der Waals surface area (Å²) in [4.78, 5) is 36.6. The van der Waals surface area contributed by atoms with E-state index in [1.165, 1.54) is 27.2 Å². The van der Waals surface area contributed by atoms with E-state index in [1.807, 2.05) is 24.3 Å². The molecule has 7 nitrogen and oxygen atoms in total. The average molecular weight is 437 g/mol. The highest BCUT2D eigenvalue weighted by Crippen LogP contribution is 2.44. The van der Waals surface area contributed by atoms with Gasteiger partial charge in [-0.05, 0) is 41.0 Å². The van der Waals surface area contributed by atoms with Crippen LogP contribution in [0.5, 0.6) is 0 Å². The molecule has 0 spiro atoms. The molecule has 2 aromatic carbocycles. The summed E-state index contributed by atoms with van der Waals surface area (Å²) in [5.41, 5.74) is 4.74. The minimum atomic E-state index is -0.916. The second kappa shape index (κ2) is 9.42. The fraction of sp³-hybridized carbons (Fsp3) is 0.400. The molecule has 0 heterocycles. The van der Waals surface area contributed by atoms with Crippen LogP contribution in [0.2, 0.25) is 0 Å². The Morgan fingerprint density at radius 2 is 1.62 bits per heavy atom. The summed E-state index contributed by atoms with van der Waals surface area (Å²) in [6.07, 6.45) is 1.34. The van der Waals surface area contributed by atoms with Gasteiger partial charge in [0.05, 0.1) is 6.42 Å². The van der Waals surface area contributed by atoms with Crippen molar-refractivity contribution < 1.29 is 24.2 Å². The van der Waals surface area contributed by atoms with Gasteiger partial charge in [0.15, 0.2) is 0 Å². The van der Waals surface area contributed by atoms with Gasteiger partial charge in [0.2, 0.25) is 5.91 Å². The first-order valence-electron chi connectivity index (χ1n) is 11.0. The van der Waals surface area contributed by atoms with E-state index in [9.17, 15) is 14.4 Å². The van der Waals surface area contributed by atoms with Gasteiger partial charge in [-0.2, -0.15) is 0 Å². The normalized spacial score (nSPS) is 18.8. The lowest BCUT2D eigenvalue weighted by molar-refractivity contribution is -0.138. The number of aliphatic carboxylic acids is 1. The zero-order valence-electron chi connectivity index (χ0n) is 18.1. The molecule has 2 aliphatic rings. The topological polar surface area (TPSA) is 95.9 Å². The highest BCUT2D eigenvalue weighted by molar-refractivity contribution is 5.79. The second-order valence-corrected chi connectivity index (χ2v) is 8.67. The lowest BCUT2D eigenvalue weighted by Crippen LogP contribution is -2.46. The standard InChI is InChI=1S/C25H28N2O5/c1-27(11-10-24(29)30)23(28)14-16-12-17(13-16)26-25(31)32-15-22-20-8-4-2-6-18(20)19-7-3-5-9-21(19)22/h2-9,16-17,22H,10-15H2,1H3,(H,26,31)(H,29,30). The second-order valence-electron chi connectivity index (χ2n) is 8.67. The van der Waals surface area contributed by atoms with Gasteiger partial charge in [0, 0.05) is 32.0 Å². The first-order chi connectivity index (χ1) is 15.4. The molecule has 7 heteroatoms. The van der Waals surface area contributed by atoms with Gasteiger partial charge in [-0.25, -0.2) is 4.79 Å². The molecule has 32 heavy (non-hydrogen) atoms. The number of nitrogens with zero attached hydrogens (tertiary/aromatic N) is 1. The number of carbonyl (C=O) groups is 3. The van der Waals surface area contributed by atoms with Crippen LogP contribution in [-0.2, 0) is 14.3 Å². The highest BCUT2D eigenvalue weighted by Gasteiger charge is 2.34. The molecule has 0 saturated heterocycles. The number of rotatable bonds is 8. The Bertz CT molecular complexity index is 969. The number of carboxylic acid groups (broad SMARTS) is 1. The van der Waals surface area contributed by atoms with Crippen LogP contribution in [0.4, 0.5) is 4.79 Å². The van der Waals surface area contributed by atoms with Crippen LogP contribution in [0.1, 0.15) is 42.7 Å². The van der Waals surface area contributed by atoms with Gasteiger partial charge >= 0.3 is 12.1 Å². The lowest BCUT2D eigenvalue weighted by atomic mass is 9.78. The van der Waals surface area contributed by atoms with Crippen LogP contribution in [0.3, 0.4) is 0 Å². The van der Waals surface area contributed by atoms with Crippen molar-refractivity contribution >= 4 is 18.0 Å². The number of alkyl carbamates (subject to hydrolysis) is 1. The Labute approximate surface area is 187 Å². The molecule has 1 fully saturated rings. The highest BCUT2D eigenvalue weighted by atomic mass is 16.5. The molecular formula is C25H28N2O5. The van der Waals surface area contributed by atoms with E-state index in [4.69, 9.17) is 9.84 Å². The number of carboxylic acids is 1. The lowest BCUT2D eigenvalue weighted by Gasteiger charge is -2.36. The molecule has 168 valence electrons. The zero-order chi connectivity index (χ0) is 22.7. The Morgan fingerprint density at radius 1 is 1.03 bits per heavy atom. The number of fused-ring (bicyclic) bond motifs is 3. The quantitative estimate of drug-likeness (QED) is 0.659. The predicted octanol–water partition coefficient (Wildman–Crippen LogP) is 3.63. The molecular weight excluding hydrogens is 408 g/mol. The van der Waals surface area contributed by atoms with Crippen molar-refractivity contribution in [3.63, 3.8) is 0 Å². The molecule has 0 aromatic heterocycles. The minimum absolute atomic E-state index is 0.00720. The Hall–Kier alpha value is -3.35. The number of benzene rings is 2. The van der Waals surface area contributed by atoms with Crippen molar-refractivity contribution in [2.75, 3.05) is 20.2 Å². The SMILES string of the molecule is CN(CCC(=O)O)C(=O)CC1CC(NC(=O)OCC2c3ccccc3-c3ccccc32)C1. The predicted molar refractivity (Wildman–Crippen MR) is 119 cm³/mol. The fourth-order valence-corrected chi connectivity index (χ4v) is 4.62. The van der Waals surface area contributed by atoms with Crippen molar-refractivity contribution in [1.29, 1.82) is 0 Å². The van der Waals surface area contributed by atoms with Crippen molar-refractivity contribution in [3.05, 3.63) is 59.7 Å². The van der Waals surface area contributed by atoms with Crippen LogP contribution >= 0.6 is 0 Å². The van der Waals surface area contributed by atoms with Gasteiger partial charge in [-0.3, -0.25) is 9.59 Å². The monoisotopic (exact) mass is 436 g/mol. The summed E-state index contributed by atoms with van der Waals surface area (Å²) in [6, 6.07) is 16.4. The van der Waals surface area contributed by atoms with E-state index in [0.29, 0.717) is 6.42 Å². The summed E-state index contributed by atoms with van der Waals surface area (Å²) < 4.78 is 5.57. The van der Waals surface area contributed by atoms with Gasteiger partial charge in [0.1, 0.15) is 6.61 Å². The van der Waals surface area contributed by atoms with Crippen LogP contribution in [0.25, 0.3) is 11.1 Å². The molecule has 2 aromatic rings. The first-order valence-corrected chi connectivity index (χ1v) is 11.0. The maximum absolute atomic E-state index is 12.3. The zero-order valence-corrected chi connectivity index (χ0v) is 18.1. The molecule has 2 N–H and O–H groups in total. The number of amides is 2. The minimum Gasteiger partial charge on any atom is -0.481 e. The van der Waals surface area contributed by atoms with Crippen molar-refractivity contribution in [2.24, 2.45) is 5.92 Å². The average Bonchev–Trinajstić information content (AvgIpc) is 3.08. The fourth-order valence-electron chi connectivity index (χ4n) is 4.62. The molecule has 0 unspecified atom stereocenters. The van der Waals surface area contributed by atoms with Gasteiger partial charge < -0.3 is 20.1 Å². The summed E-state index contributed by atoms with van der Waals surface area (Å²) in [5.74, 6) is -0.744. The van der Waals surface area contributed by atoms with E-state index >= 15 is 0 Å². The number of nitrogens with one attached hydrogen (secondary N) is 1. The summed E-state index contributed by atoms with van der Waals surface area (Å²) in [7, 11) is 1.62. The third kappa shape index (κ3) is 4.77. The summed E-state index contributed by atoms with van der Waals surface area (Å²) >= 11 is 0. The number of carbonyl (C=O) groups excluding carboxylic acids is 2. The largest absolute Gasteiger partial charge is 0.481 e. The molecule has 0 radical (unpaired) electrons. The van der Waals surface area contributed by atoms with E-state index in [-0.39, 0.29) is 43.4 Å². The third-order valence-corrected chi connectivity index (χ3v) is 6.45. The van der Waals surface area contributed by atoms with Crippen LogP contribution in [0.15, 0.2) is 48.5 Å². The first kappa shape index (κ1) is 21.9. The van der Waals surface area contributed by atoms with Crippen LogP contribution in [-0.4, -0.2) is 54.2 Å². The maximum Gasteiger partial charge on any atom is 0.407 e. The molecule has 0 atom stereocenters. The van der Waals surface area contributed by atoms with Gasteiger partial charge in [0.25, 0.3) is 0 Å². The third-order valence-electron chi connectivity index (χ3n) is 6.45. The Kier molecular flexibility index (Phi) is 6.44. The molecule has 1 saturated carbocycles. The molecule has 4 rings (SSSR count). The van der Waals surface area contributed by atoms with E-state index in [0.717, 1.165) is 12.8 Å². The van der Waals surface area contributed by atoms with Gasteiger partial charge in [-0.15, -0.1) is 0 Å². The van der Waals surface area contributed by atoms with E-state index < -0.39 is 12.1 Å². The number of ether oxygens (including phenoxy) is 1. The summed E-state index contributed by atoms with van der Waals surface area (Å²) in [5, 5.41) is 11.6. The summed E-state index contributed by atoms with van der Waals surface area (Å²) in [6.45, 7) is 0.491. The van der Waals surface area contributed by atoms with Crippen molar-refractivity contribution in [3.8, 4) is 11.1 Å². The molecule has 0 aliphatic heterocycles. The maximum atomic E-state index is 12.3. The van der Waals surface area contributed by atoms with Crippen molar-refractivity contribution in [1.82, 2.24) is 10.2 Å². The van der Waals surface area contributed by atoms with Crippen LogP contribution < -0.4 is 5.32 Å². The van der Waals surface area contributed by atoms with E-state index in [2.05, 4.69) is 29.6 Å². The van der Waals surface area contributed by atoms with Gasteiger partial charge in [-0.1, -0.05) is 48.5 Å². The Morgan fingerprint density at radius 3 is 2.22 bits per heavy atom.